The smallest absolute Gasteiger partial charge is 0.252 e. The van der Waals surface area contributed by atoms with E-state index in [1.807, 2.05) is 44.2 Å². The van der Waals surface area contributed by atoms with Gasteiger partial charge >= 0.3 is 0 Å². The summed E-state index contributed by atoms with van der Waals surface area (Å²) in [4.78, 5) is 22.2. The molecule has 0 atom stereocenters. The van der Waals surface area contributed by atoms with Crippen LogP contribution in [0, 0.1) is 0 Å². The monoisotopic (exact) mass is 441 g/mol. The second-order valence-electron chi connectivity index (χ2n) is 7.44. The average molecular weight is 442 g/mol. The van der Waals surface area contributed by atoms with E-state index in [1.165, 1.54) is 0 Å². The van der Waals surface area contributed by atoms with E-state index < -0.39 is 0 Å². The Bertz CT molecular complexity index is 1150. The minimum absolute atomic E-state index is 0.158. The lowest BCUT2D eigenvalue weighted by Gasteiger charge is -2.21. The summed E-state index contributed by atoms with van der Waals surface area (Å²) in [6, 6.07) is 12.2. The highest BCUT2D eigenvalue weighted by Crippen LogP contribution is 2.33. The van der Waals surface area contributed by atoms with E-state index in [0.717, 1.165) is 33.6 Å². The van der Waals surface area contributed by atoms with E-state index in [9.17, 15) is 4.79 Å². The van der Waals surface area contributed by atoms with Crippen molar-refractivity contribution < 1.29 is 4.79 Å². The summed E-state index contributed by atoms with van der Waals surface area (Å²) in [6.45, 7) is 9.04. The maximum Gasteiger partial charge on any atom is 0.252 e. The first-order chi connectivity index (χ1) is 16.1. The first-order valence-corrected chi connectivity index (χ1v) is 11.1. The van der Waals surface area contributed by atoms with E-state index >= 15 is 0 Å². The van der Waals surface area contributed by atoms with Gasteiger partial charge in [0.25, 0.3) is 5.91 Å². The molecule has 3 rings (SSSR count). The molecule has 0 saturated carbocycles. The zero-order valence-electron chi connectivity index (χ0n) is 19.5. The predicted molar refractivity (Wildman–Crippen MR) is 136 cm³/mol. The number of aromatic nitrogens is 2. The van der Waals surface area contributed by atoms with Gasteiger partial charge in [0, 0.05) is 43.7 Å². The summed E-state index contributed by atoms with van der Waals surface area (Å²) in [7, 11) is 1.64. The Hall–Kier alpha value is -3.77. The van der Waals surface area contributed by atoms with E-state index in [4.69, 9.17) is 10.7 Å². The predicted octanol–water partition coefficient (Wildman–Crippen LogP) is 4.28. The van der Waals surface area contributed by atoms with E-state index in [0.29, 0.717) is 36.3 Å². The Balaban J connectivity index is 2.24. The number of nitrogens with zero attached hydrogens (tertiary/aromatic N) is 2. The topological polar surface area (TPSA) is 92.9 Å². The molecule has 1 aromatic carbocycles. The first-order valence-electron chi connectivity index (χ1n) is 11.1. The minimum atomic E-state index is -0.158. The molecule has 0 bridgehead atoms. The maximum atomic E-state index is 13.0. The molecular weight excluding hydrogens is 410 g/mol. The molecule has 0 saturated heterocycles. The number of benzene rings is 1. The zero-order valence-corrected chi connectivity index (χ0v) is 19.5. The lowest BCUT2D eigenvalue weighted by atomic mass is 9.91. The van der Waals surface area contributed by atoms with Gasteiger partial charge in [0.15, 0.2) is 0 Å². The molecule has 6 heteroatoms. The summed E-state index contributed by atoms with van der Waals surface area (Å²) in [5, 5.41) is 6.12. The summed E-state index contributed by atoms with van der Waals surface area (Å²) in [5.41, 5.74) is 13.3. The van der Waals surface area contributed by atoms with Crippen molar-refractivity contribution in [1.82, 2.24) is 20.6 Å². The van der Waals surface area contributed by atoms with E-state index in [-0.39, 0.29) is 5.91 Å². The molecule has 0 spiro atoms. The SMILES string of the molecule is C=Cc1c(/C(=C\C)NCCN)nc(-c2ccc(-c3ccncc3)cc2)c(CC)c1C(=O)NC. The summed E-state index contributed by atoms with van der Waals surface area (Å²) < 4.78 is 0. The van der Waals surface area contributed by atoms with Gasteiger partial charge in [0.2, 0.25) is 0 Å². The Morgan fingerprint density at radius 3 is 2.27 bits per heavy atom. The summed E-state index contributed by atoms with van der Waals surface area (Å²) in [5.74, 6) is -0.158. The average Bonchev–Trinajstić information content (AvgIpc) is 2.88. The number of nitrogens with one attached hydrogen (secondary N) is 2. The largest absolute Gasteiger partial charge is 0.382 e. The third-order valence-corrected chi connectivity index (χ3v) is 5.52. The number of hydrogen-bond acceptors (Lipinski definition) is 5. The molecule has 1 amide bonds. The fraction of sp³-hybridized carbons (Fsp3) is 0.222. The molecule has 170 valence electrons. The number of carbonyl (C=O) groups excluding carboxylic acids is 1. The highest BCUT2D eigenvalue weighted by atomic mass is 16.1. The number of nitrogens with two attached hydrogens (primary N) is 1. The van der Waals surface area contributed by atoms with Gasteiger partial charge in [-0.25, -0.2) is 4.98 Å². The van der Waals surface area contributed by atoms with Crippen LogP contribution in [0.1, 0.15) is 41.0 Å². The Morgan fingerprint density at radius 2 is 1.73 bits per heavy atom. The normalized spacial score (nSPS) is 11.2. The molecule has 3 aromatic rings. The van der Waals surface area contributed by atoms with Gasteiger partial charge in [-0.2, -0.15) is 0 Å². The molecule has 0 aliphatic rings. The number of hydrogen-bond donors (Lipinski definition) is 3. The quantitative estimate of drug-likeness (QED) is 0.461. The van der Waals surface area contributed by atoms with Crippen LogP contribution in [0.15, 0.2) is 61.4 Å². The van der Waals surface area contributed by atoms with Gasteiger partial charge in [0.1, 0.15) is 0 Å². The lowest BCUT2D eigenvalue weighted by molar-refractivity contribution is 0.0962. The second-order valence-corrected chi connectivity index (χ2v) is 7.44. The third-order valence-electron chi connectivity index (χ3n) is 5.52. The molecule has 0 aliphatic carbocycles. The van der Waals surface area contributed by atoms with Gasteiger partial charge in [-0.15, -0.1) is 0 Å². The van der Waals surface area contributed by atoms with Gasteiger partial charge in [0.05, 0.1) is 22.6 Å². The van der Waals surface area contributed by atoms with E-state index in [1.54, 1.807) is 25.5 Å². The number of allylic oxidation sites excluding steroid dienone is 1. The van der Waals surface area contributed by atoms with Crippen molar-refractivity contribution in [2.24, 2.45) is 5.73 Å². The molecule has 4 N–H and O–H groups in total. The molecule has 0 radical (unpaired) electrons. The first kappa shape index (κ1) is 23.9. The Morgan fingerprint density at radius 1 is 1.09 bits per heavy atom. The van der Waals surface area contributed by atoms with Crippen LogP contribution in [0.4, 0.5) is 0 Å². The van der Waals surface area contributed by atoms with Gasteiger partial charge < -0.3 is 16.4 Å². The molecule has 33 heavy (non-hydrogen) atoms. The van der Waals surface area contributed by atoms with Crippen LogP contribution < -0.4 is 16.4 Å². The third kappa shape index (κ3) is 5.02. The molecule has 2 aromatic heterocycles. The highest BCUT2D eigenvalue weighted by Gasteiger charge is 2.24. The fourth-order valence-electron chi connectivity index (χ4n) is 3.90. The van der Waals surface area contributed by atoms with Crippen LogP contribution in [0.5, 0.6) is 0 Å². The minimum Gasteiger partial charge on any atom is -0.382 e. The highest BCUT2D eigenvalue weighted by molar-refractivity contribution is 6.02. The van der Waals surface area contributed by atoms with Crippen molar-refractivity contribution in [2.75, 3.05) is 20.1 Å². The van der Waals surface area contributed by atoms with Gasteiger partial charge in [-0.05, 0) is 42.2 Å². The van der Waals surface area contributed by atoms with Crippen LogP contribution in [0.25, 0.3) is 34.2 Å². The van der Waals surface area contributed by atoms with Crippen LogP contribution in [-0.2, 0) is 6.42 Å². The fourth-order valence-corrected chi connectivity index (χ4v) is 3.90. The van der Waals surface area contributed by atoms with Crippen molar-refractivity contribution in [3.8, 4) is 22.4 Å². The number of carbonyl (C=O) groups is 1. The van der Waals surface area contributed by atoms with Crippen molar-refractivity contribution in [3.05, 3.63) is 83.8 Å². The maximum absolute atomic E-state index is 13.0. The van der Waals surface area contributed by atoms with E-state index in [2.05, 4.69) is 34.3 Å². The van der Waals surface area contributed by atoms with Crippen LogP contribution in [-0.4, -0.2) is 36.0 Å². The summed E-state index contributed by atoms with van der Waals surface area (Å²) in [6.07, 6.45) is 7.86. The number of rotatable bonds is 9. The Labute approximate surface area is 195 Å². The second kappa shape index (κ2) is 11.2. The van der Waals surface area contributed by atoms with Crippen LogP contribution >= 0.6 is 0 Å². The molecule has 2 heterocycles. The van der Waals surface area contributed by atoms with Gasteiger partial charge in [-0.1, -0.05) is 49.9 Å². The lowest BCUT2D eigenvalue weighted by Crippen LogP contribution is -2.25. The molecule has 6 nitrogen and oxygen atoms in total. The number of pyridine rings is 2. The van der Waals surface area contributed by atoms with Crippen LogP contribution in [0.2, 0.25) is 0 Å². The molecule has 0 unspecified atom stereocenters. The standard InChI is InChI=1S/C27H31N5O/c1-5-21-24(27(33)29-4)22(6-2)26(23(7-3)31-17-14-28)32-25(21)20-10-8-18(9-11-20)19-12-15-30-16-13-19/h6-13,15-16,31H,2,5,14,17,28H2,1,3-4H3,(H,29,33)/b23-7+. The Kier molecular flexibility index (Phi) is 8.11. The van der Waals surface area contributed by atoms with Crippen molar-refractivity contribution in [1.29, 1.82) is 0 Å². The van der Waals surface area contributed by atoms with Crippen LogP contribution in [0.3, 0.4) is 0 Å². The molecule has 0 fully saturated rings. The van der Waals surface area contributed by atoms with Crippen molar-refractivity contribution in [2.45, 2.75) is 20.3 Å². The molecular formula is C27H31N5O. The zero-order chi connectivity index (χ0) is 23.8. The van der Waals surface area contributed by atoms with Crippen molar-refractivity contribution >= 4 is 17.7 Å². The summed E-state index contributed by atoms with van der Waals surface area (Å²) >= 11 is 0. The van der Waals surface area contributed by atoms with Gasteiger partial charge in [-0.3, -0.25) is 9.78 Å². The number of amides is 1. The molecule has 0 aliphatic heterocycles. The van der Waals surface area contributed by atoms with Crippen molar-refractivity contribution in [3.63, 3.8) is 0 Å².